The monoisotopic (exact) mass is 325 g/mol. The van der Waals surface area contributed by atoms with E-state index in [2.05, 4.69) is 0 Å². The molecule has 0 aromatic heterocycles. The van der Waals surface area contributed by atoms with Crippen LogP contribution in [0.2, 0.25) is 0 Å². The van der Waals surface area contributed by atoms with Crippen LogP contribution in [-0.2, 0) is 11.2 Å². The summed E-state index contributed by atoms with van der Waals surface area (Å²) in [5.74, 6) is -12.1. The van der Waals surface area contributed by atoms with Gasteiger partial charge in [0.15, 0.2) is 23.3 Å². The Balaban J connectivity index is 2.83. The topological polar surface area (TPSA) is 63.3 Å². The third-order valence-corrected chi connectivity index (χ3v) is 3.51. The molecule has 2 unspecified atom stereocenters. The second-order valence-corrected chi connectivity index (χ2v) is 5.20. The number of carbonyl (C=O) groups is 1. The highest BCUT2D eigenvalue weighted by Crippen LogP contribution is 2.26. The SMILES string of the molecule is CC(CCc1c(F)c(F)c(F)c(F)c1F)CC(CN)C(=O)O. The van der Waals surface area contributed by atoms with Gasteiger partial charge in [0.25, 0.3) is 0 Å². The van der Waals surface area contributed by atoms with Gasteiger partial charge in [0.1, 0.15) is 0 Å². The molecule has 0 spiro atoms. The first kappa shape index (κ1) is 18.3. The van der Waals surface area contributed by atoms with Crippen molar-refractivity contribution in [2.75, 3.05) is 6.54 Å². The van der Waals surface area contributed by atoms with Crippen molar-refractivity contribution in [1.29, 1.82) is 0 Å². The molecule has 0 aliphatic heterocycles. The first-order chi connectivity index (χ1) is 10.2. The Labute approximate surface area is 123 Å². The van der Waals surface area contributed by atoms with E-state index >= 15 is 0 Å². The smallest absolute Gasteiger partial charge is 0.307 e. The van der Waals surface area contributed by atoms with Crippen LogP contribution in [-0.4, -0.2) is 17.6 Å². The van der Waals surface area contributed by atoms with Gasteiger partial charge in [0, 0.05) is 12.1 Å². The Morgan fingerprint density at radius 2 is 1.50 bits per heavy atom. The predicted molar refractivity (Wildman–Crippen MR) is 68.5 cm³/mol. The Morgan fingerprint density at radius 3 is 1.91 bits per heavy atom. The number of halogens is 5. The zero-order valence-electron chi connectivity index (χ0n) is 11.8. The summed E-state index contributed by atoms with van der Waals surface area (Å²) >= 11 is 0. The summed E-state index contributed by atoms with van der Waals surface area (Å²) in [7, 11) is 0. The second-order valence-electron chi connectivity index (χ2n) is 5.20. The molecule has 0 aliphatic rings. The lowest BCUT2D eigenvalue weighted by atomic mass is 9.91. The number of rotatable bonds is 7. The zero-order valence-corrected chi connectivity index (χ0v) is 11.8. The molecule has 3 N–H and O–H groups in total. The zero-order chi connectivity index (χ0) is 17.0. The van der Waals surface area contributed by atoms with Gasteiger partial charge in [-0.2, -0.15) is 0 Å². The fourth-order valence-corrected chi connectivity index (χ4v) is 2.16. The third kappa shape index (κ3) is 3.94. The van der Waals surface area contributed by atoms with Crippen molar-refractivity contribution in [3.05, 3.63) is 34.6 Å². The Kier molecular flexibility index (Phi) is 6.28. The maximum atomic E-state index is 13.5. The molecule has 0 fully saturated rings. The summed E-state index contributed by atoms with van der Waals surface area (Å²) in [6, 6.07) is 0. The largest absolute Gasteiger partial charge is 0.481 e. The molecule has 0 saturated heterocycles. The van der Waals surface area contributed by atoms with Gasteiger partial charge in [0.05, 0.1) is 5.92 Å². The molecule has 8 heteroatoms. The van der Waals surface area contributed by atoms with E-state index in [1.165, 1.54) is 0 Å². The molecule has 2 atom stereocenters. The molecule has 0 aliphatic carbocycles. The lowest BCUT2D eigenvalue weighted by molar-refractivity contribution is -0.141. The fourth-order valence-electron chi connectivity index (χ4n) is 2.16. The summed E-state index contributed by atoms with van der Waals surface area (Å²) in [5.41, 5.74) is 4.41. The van der Waals surface area contributed by atoms with Crippen molar-refractivity contribution in [1.82, 2.24) is 0 Å². The number of carboxylic acids is 1. The number of hydrogen-bond donors (Lipinski definition) is 2. The van der Waals surface area contributed by atoms with E-state index in [0.29, 0.717) is 0 Å². The fraction of sp³-hybridized carbons (Fsp3) is 0.500. The molecule has 1 aromatic carbocycles. The van der Waals surface area contributed by atoms with Crippen molar-refractivity contribution in [2.24, 2.45) is 17.6 Å². The van der Waals surface area contributed by atoms with E-state index in [-0.39, 0.29) is 31.7 Å². The van der Waals surface area contributed by atoms with Gasteiger partial charge in [-0.3, -0.25) is 4.79 Å². The maximum Gasteiger partial charge on any atom is 0.307 e. The van der Waals surface area contributed by atoms with Crippen LogP contribution in [0.4, 0.5) is 22.0 Å². The lowest BCUT2D eigenvalue weighted by Crippen LogP contribution is -2.25. The van der Waals surface area contributed by atoms with Crippen LogP contribution < -0.4 is 5.73 Å². The van der Waals surface area contributed by atoms with E-state index < -0.39 is 46.5 Å². The molecule has 0 amide bonds. The summed E-state index contributed by atoms with van der Waals surface area (Å²) in [6.45, 7) is 1.53. The van der Waals surface area contributed by atoms with Crippen molar-refractivity contribution >= 4 is 5.97 Å². The second kappa shape index (κ2) is 7.53. The normalized spacial score (nSPS) is 14.0. The molecular weight excluding hydrogens is 309 g/mol. The molecule has 3 nitrogen and oxygen atoms in total. The minimum Gasteiger partial charge on any atom is -0.481 e. The molecule has 1 rings (SSSR count). The van der Waals surface area contributed by atoms with E-state index in [0.717, 1.165) is 0 Å². The third-order valence-electron chi connectivity index (χ3n) is 3.51. The number of aliphatic carboxylic acids is 1. The van der Waals surface area contributed by atoms with Gasteiger partial charge >= 0.3 is 5.97 Å². The van der Waals surface area contributed by atoms with Crippen molar-refractivity contribution in [3.63, 3.8) is 0 Å². The highest BCUT2D eigenvalue weighted by Gasteiger charge is 2.26. The van der Waals surface area contributed by atoms with Crippen LogP contribution in [0.25, 0.3) is 0 Å². The quantitative estimate of drug-likeness (QED) is 0.460. The first-order valence-corrected chi connectivity index (χ1v) is 6.63. The molecule has 0 heterocycles. The number of hydrogen-bond acceptors (Lipinski definition) is 2. The standard InChI is InChI=1S/C14H16F5NO2/c1-6(4-7(5-20)14(21)22)2-3-8-9(15)11(17)13(19)12(18)10(8)16/h6-7H,2-5,20H2,1H3,(H,21,22). The van der Waals surface area contributed by atoms with Gasteiger partial charge in [-0.1, -0.05) is 6.92 Å². The molecule has 124 valence electrons. The minimum atomic E-state index is -2.19. The van der Waals surface area contributed by atoms with E-state index in [9.17, 15) is 26.7 Å². The van der Waals surface area contributed by atoms with E-state index in [1.54, 1.807) is 6.92 Å². The Hall–Kier alpha value is -1.70. The summed E-state index contributed by atoms with van der Waals surface area (Å²) in [5, 5.41) is 8.86. The molecule has 0 radical (unpaired) electrons. The number of nitrogens with two attached hydrogens (primary N) is 1. The summed E-state index contributed by atoms with van der Waals surface area (Å²) in [4.78, 5) is 10.8. The summed E-state index contributed by atoms with van der Waals surface area (Å²) in [6.07, 6.45) is -0.159. The number of benzene rings is 1. The van der Waals surface area contributed by atoms with Gasteiger partial charge in [-0.05, 0) is 25.2 Å². The van der Waals surface area contributed by atoms with Crippen LogP contribution >= 0.6 is 0 Å². The molecule has 22 heavy (non-hydrogen) atoms. The molecular formula is C14H16F5NO2. The van der Waals surface area contributed by atoms with Gasteiger partial charge in [0.2, 0.25) is 5.82 Å². The lowest BCUT2D eigenvalue weighted by Gasteiger charge is -2.16. The number of carboxylic acid groups (broad SMARTS) is 1. The highest BCUT2D eigenvalue weighted by atomic mass is 19.2. The highest BCUT2D eigenvalue weighted by molar-refractivity contribution is 5.70. The first-order valence-electron chi connectivity index (χ1n) is 6.63. The summed E-state index contributed by atoms with van der Waals surface area (Å²) < 4.78 is 65.9. The van der Waals surface area contributed by atoms with Crippen molar-refractivity contribution < 1.29 is 31.9 Å². The average molecular weight is 325 g/mol. The van der Waals surface area contributed by atoms with Gasteiger partial charge in [-0.25, -0.2) is 22.0 Å². The van der Waals surface area contributed by atoms with Crippen LogP contribution in [0.5, 0.6) is 0 Å². The molecule has 0 bridgehead atoms. The van der Waals surface area contributed by atoms with Crippen LogP contribution in [0.15, 0.2) is 0 Å². The molecule has 1 aromatic rings. The van der Waals surface area contributed by atoms with E-state index in [1.807, 2.05) is 0 Å². The van der Waals surface area contributed by atoms with E-state index in [4.69, 9.17) is 10.8 Å². The molecule has 0 saturated carbocycles. The Bertz CT molecular complexity index is 536. The maximum absolute atomic E-state index is 13.5. The predicted octanol–water partition coefficient (Wildman–Crippen LogP) is 3.00. The van der Waals surface area contributed by atoms with Crippen LogP contribution in [0.3, 0.4) is 0 Å². The van der Waals surface area contributed by atoms with Gasteiger partial charge < -0.3 is 10.8 Å². The average Bonchev–Trinajstić information content (AvgIpc) is 2.48. The minimum absolute atomic E-state index is 0.0716. The Morgan fingerprint density at radius 1 is 1.05 bits per heavy atom. The van der Waals surface area contributed by atoms with Gasteiger partial charge in [-0.15, -0.1) is 0 Å². The van der Waals surface area contributed by atoms with Crippen LogP contribution in [0.1, 0.15) is 25.3 Å². The van der Waals surface area contributed by atoms with Crippen LogP contribution in [0, 0.1) is 40.9 Å². The van der Waals surface area contributed by atoms with Crippen molar-refractivity contribution in [2.45, 2.75) is 26.2 Å². The van der Waals surface area contributed by atoms with Crippen molar-refractivity contribution in [3.8, 4) is 0 Å².